The van der Waals surface area contributed by atoms with Gasteiger partial charge in [-0.25, -0.2) is 4.79 Å². The highest BCUT2D eigenvalue weighted by Crippen LogP contribution is 2.20. The molecule has 132 valence electrons. The van der Waals surface area contributed by atoms with Crippen molar-refractivity contribution in [1.82, 2.24) is 10.2 Å². The van der Waals surface area contributed by atoms with Crippen LogP contribution in [0.2, 0.25) is 10.0 Å². The second kappa shape index (κ2) is 9.14. The Morgan fingerprint density at radius 2 is 1.83 bits per heavy atom. The van der Waals surface area contributed by atoms with Crippen LogP contribution in [0.25, 0.3) is 0 Å². The van der Waals surface area contributed by atoms with Gasteiger partial charge in [-0.2, -0.15) is 0 Å². The van der Waals surface area contributed by atoms with Crippen LogP contribution >= 0.6 is 23.2 Å². The lowest BCUT2D eigenvalue weighted by atomic mass is 9.97. The molecule has 1 aromatic carbocycles. The first-order valence-corrected chi connectivity index (χ1v) is 8.89. The molecule has 5 nitrogen and oxygen atoms in total. The van der Waals surface area contributed by atoms with Crippen LogP contribution in [0.4, 0.5) is 4.79 Å². The van der Waals surface area contributed by atoms with E-state index in [9.17, 15) is 9.59 Å². The van der Waals surface area contributed by atoms with Crippen molar-refractivity contribution in [2.75, 3.05) is 26.2 Å². The number of piperidine rings is 1. The molecule has 1 saturated heterocycles. The third-order valence-electron chi connectivity index (χ3n) is 4.01. The smallest absolute Gasteiger partial charge is 0.317 e. The van der Waals surface area contributed by atoms with E-state index in [1.165, 1.54) is 0 Å². The Hall–Kier alpha value is -1.46. The van der Waals surface area contributed by atoms with Crippen molar-refractivity contribution in [2.45, 2.75) is 26.2 Å². The highest BCUT2D eigenvalue weighted by Gasteiger charge is 2.27. The van der Waals surface area contributed by atoms with Crippen molar-refractivity contribution in [2.24, 2.45) is 5.92 Å². The van der Waals surface area contributed by atoms with E-state index in [4.69, 9.17) is 27.9 Å². The van der Waals surface area contributed by atoms with E-state index in [1.54, 1.807) is 17.9 Å². The highest BCUT2D eigenvalue weighted by molar-refractivity contribution is 6.34. The van der Waals surface area contributed by atoms with Crippen molar-refractivity contribution in [3.63, 3.8) is 0 Å². The van der Waals surface area contributed by atoms with E-state index in [2.05, 4.69) is 5.32 Å². The van der Waals surface area contributed by atoms with E-state index in [0.29, 0.717) is 55.5 Å². The molecule has 1 fully saturated rings. The van der Waals surface area contributed by atoms with Crippen molar-refractivity contribution in [3.05, 3.63) is 33.8 Å². The van der Waals surface area contributed by atoms with Gasteiger partial charge in [-0.3, -0.25) is 4.79 Å². The van der Waals surface area contributed by atoms with Gasteiger partial charge < -0.3 is 15.0 Å². The summed E-state index contributed by atoms with van der Waals surface area (Å²) in [5.41, 5.74) is 0.980. The minimum absolute atomic E-state index is 0.0948. The number of nitrogens with one attached hydrogen (secondary N) is 1. The largest absolute Gasteiger partial charge is 0.466 e. The molecule has 0 aliphatic carbocycles. The molecule has 24 heavy (non-hydrogen) atoms. The Balaban J connectivity index is 1.73. The van der Waals surface area contributed by atoms with Crippen LogP contribution in [0.3, 0.4) is 0 Å². The summed E-state index contributed by atoms with van der Waals surface area (Å²) in [6.45, 7) is 3.84. The molecule has 0 aromatic heterocycles. The predicted molar refractivity (Wildman–Crippen MR) is 94.5 cm³/mol. The first-order valence-electron chi connectivity index (χ1n) is 8.14. The Morgan fingerprint density at radius 1 is 1.21 bits per heavy atom. The fourth-order valence-electron chi connectivity index (χ4n) is 2.76. The van der Waals surface area contributed by atoms with Crippen LogP contribution in [-0.2, 0) is 16.0 Å². The normalized spacial score (nSPS) is 15.2. The van der Waals surface area contributed by atoms with Crippen LogP contribution in [-0.4, -0.2) is 43.1 Å². The summed E-state index contributed by atoms with van der Waals surface area (Å²) in [5.74, 6) is -0.252. The van der Waals surface area contributed by atoms with Gasteiger partial charge in [0.25, 0.3) is 0 Å². The van der Waals surface area contributed by atoms with E-state index in [1.807, 2.05) is 12.1 Å². The van der Waals surface area contributed by atoms with E-state index in [-0.39, 0.29) is 17.9 Å². The Kier molecular flexibility index (Phi) is 7.18. The Bertz CT molecular complexity index is 567. The lowest BCUT2D eigenvalue weighted by molar-refractivity contribution is -0.149. The number of ether oxygens (including phenoxy) is 1. The zero-order valence-electron chi connectivity index (χ0n) is 13.7. The summed E-state index contributed by atoms with van der Waals surface area (Å²) >= 11 is 11.9. The molecule has 1 N–H and O–H groups in total. The number of amides is 2. The van der Waals surface area contributed by atoms with Gasteiger partial charge in [0.1, 0.15) is 0 Å². The fraction of sp³-hybridized carbons (Fsp3) is 0.529. The van der Waals surface area contributed by atoms with Gasteiger partial charge in [0.2, 0.25) is 0 Å². The number of hydrogen-bond acceptors (Lipinski definition) is 3. The molecule has 1 aliphatic rings. The third-order valence-corrected chi connectivity index (χ3v) is 4.45. The van der Waals surface area contributed by atoms with Crippen LogP contribution in [0.1, 0.15) is 25.3 Å². The molecule has 2 amide bonds. The highest BCUT2D eigenvalue weighted by atomic mass is 35.5. The zero-order chi connectivity index (χ0) is 17.5. The summed E-state index contributed by atoms with van der Waals surface area (Å²) in [7, 11) is 0. The van der Waals surface area contributed by atoms with Crippen LogP contribution < -0.4 is 5.32 Å². The van der Waals surface area contributed by atoms with Gasteiger partial charge in [-0.05, 0) is 49.9 Å². The number of carbonyl (C=O) groups is 2. The molecule has 0 spiro atoms. The molecule has 0 atom stereocenters. The zero-order valence-corrected chi connectivity index (χ0v) is 15.2. The maximum Gasteiger partial charge on any atom is 0.317 e. The monoisotopic (exact) mass is 372 g/mol. The lowest BCUT2D eigenvalue weighted by Crippen LogP contribution is -2.46. The maximum absolute atomic E-state index is 12.2. The second-order valence-electron chi connectivity index (χ2n) is 5.77. The molecule has 1 heterocycles. The minimum Gasteiger partial charge on any atom is -0.466 e. The molecule has 1 aromatic rings. The van der Waals surface area contributed by atoms with Gasteiger partial charge in [-0.1, -0.05) is 23.2 Å². The number of rotatable bonds is 5. The second-order valence-corrected chi connectivity index (χ2v) is 6.65. The topological polar surface area (TPSA) is 58.6 Å². The molecule has 0 bridgehead atoms. The molecular formula is C17H22Cl2N2O3. The number of likely N-dealkylation sites (tertiary alicyclic amines) is 1. The van der Waals surface area contributed by atoms with Crippen molar-refractivity contribution < 1.29 is 14.3 Å². The van der Waals surface area contributed by atoms with Gasteiger partial charge >= 0.3 is 12.0 Å². The fourth-order valence-corrected chi connectivity index (χ4v) is 3.33. The average Bonchev–Trinajstić information content (AvgIpc) is 2.54. The maximum atomic E-state index is 12.2. The van der Waals surface area contributed by atoms with E-state index < -0.39 is 0 Å². The number of benzene rings is 1. The molecule has 1 aliphatic heterocycles. The molecule has 2 rings (SSSR count). The molecular weight excluding hydrogens is 351 g/mol. The minimum atomic E-state index is -0.157. The van der Waals surface area contributed by atoms with Gasteiger partial charge in [0, 0.05) is 29.7 Å². The van der Waals surface area contributed by atoms with Crippen molar-refractivity contribution in [3.8, 4) is 0 Å². The number of carbonyl (C=O) groups excluding carboxylic acids is 2. The molecule has 0 radical (unpaired) electrons. The van der Waals surface area contributed by atoms with Crippen molar-refractivity contribution in [1.29, 1.82) is 0 Å². The third kappa shape index (κ3) is 5.56. The standard InChI is InChI=1S/C17H22Cl2N2O3/c1-2-24-16(22)13-4-7-21(8-5-13)17(23)20-6-3-12-9-14(18)11-15(19)10-12/h9-11,13H,2-8H2,1H3,(H,20,23). The van der Waals surface area contributed by atoms with Crippen LogP contribution in [0, 0.1) is 5.92 Å². The summed E-state index contributed by atoms with van der Waals surface area (Å²) in [4.78, 5) is 25.6. The molecule has 0 unspecified atom stereocenters. The summed E-state index contributed by atoms with van der Waals surface area (Å²) in [6, 6.07) is 5.25. The predicted octanol–water partition coefficient (Wildman–Crippen LogP) is 3.52. The van der Waals surface area contributed by atoms with Crippen molar-refractivity contribution >= 4 is 35.2 Å². The summed E-state index contributed by atoms with van der Waals surface area (Å²) < 4.78 is 5.03. The average molecular weight is 373 g/mol. The number of nitrogens with zero attached hydrogens (tertiary/aromatic N) is 1. The number of esters is 1. The van der Waals surface area contributed by atoms with Gasteiger partial charge in [-0.15, -0.1) is 0 Å². The SMILES string of the molecule is CCOC(=O)C1CCN(C(=O)NCCc2cc(Cl)cc(Cl)c2)CC1. The van der Waals surface area contributed by atoms with Gasteiger partial charge in [0.05, 0.1) is 12.5 Å². The van der Waals surface area contributed by atoms with Gasteiger partial charge in [0.15, 0.2) is 0 Å². The lowest BCUT2D eigenvalue weighted by Gasteiger charge is -2.30. The Labute approximate surface area is 152 Å². The van der Waals surface area contributed by atoms with E-state index >= 15 is 0 Å². The number of urea groups is 1. The molecule has 0 saturated carbocycles. The first-order chi connectivity index (χ1) is 11.5. The van der Waals surface area contributed by atoms with Crippen LogP contribution in [0.15, 0.2) is 18.2 Å². The van der Waals surface area contributed by atoms with E-state index in [0.717, 1.165) is 5.56 Å². The Morgan fingerprint density at radius 3 is 2.42 bits per heavy atom. The summed E-state index contributed by atoms with van der Waals surface area (Å²) in [6.07, 6.45) is 1.96. The summed E-state index contributed by atoms with van der Waals surface area (Å²) in [5, 5.41) is 4.07. The quantitative estimate of drug-likeness (QED) is 0.804. The number of hydrogen-bond donors (Lipinski definition) is 1. The molecule has 7 heteroatoms. The van der Waals surface area contributed by atoms with Crippen LogP contribution in [0.5, 0.6) is 0 Å². The first kappa shape index (κ1) is 18.9. The number of halogens is 2.